The summed E-state index contributed by atoms with van der Waals surface area (Å²) in [7, 11) is 0. The SMILES string of the molecule is CC(=O)O[C@H]1[C@H](O)[C@@H](O[C@@H]2[C@@H](O[C@@H]3C[C@H](O)CC4=CC[C@@H]5[C@@H]6C[C@H]7O[C@@]8(CC[C@H](C)CO8)[C@@H](C)[C@H]7[C@]6(C)CC[C@@H]5[C@]43C)O[C@@H](C)[C@H](O)[C@H]2O)O[C@@H](C)[C@@H]1O. The smallest absolute Gasteiger partial charge is 0.303 e. The fourth-order valence-electron chi connectivity index (χ4n) is 12.9. The van der Waals surface area contributed by atoms with Crippen LogP contribution in [0.2, 0.25) is 0 Å². The van der Waals surface area contributed by atoms with Gasteiger partial charge in [0.25, 0.3) is 0 Å². The van der Waals surface area contributed by atoms with Crippen LogP contribution in [0.15, 0.2) is 11.6 Å². The number of carbonyl (C=O) groups excluding carboxylic acids is 1. The predicted molar refractivity (Wildman–Crippen MR) is 191 cm³/mol. The van der Waals surface area contributed by atoms with Crippen molar-refractivity contribution in [3.05, 3.63) is 11.6 Å². The van der Waals surface area contributed by atoms with Crippen molar-refractivity contribution in [2.45, 2.75) is 185 Å². The van der Waals surface area contributed by atoms with Gasteiger partial charge in [0.15, 0.2) is 24.5 Å². The fraction of sp³-hybridized carbons (Fsp3) is 0.927. The summed E-state index contributed by atoms with van der Waals surface area (Å²) in [5, 5.41) is 55.4. The molecule has 0 unspecified atom stereocenters. The van der Waals surface area contributed by atoms with Crippen molar-refractivity contribution < 1.29 is 63.5 Å². The summed E-state index contributed by atoms with van der Waals surface area (Å²) >= 11 is 0. The zero-order valence-corrected chi connectivity index (χ0v) is 32.9. The van der Waals surface area contributed by atoms with Crippen LogP contribution in [0.3, 0.4) is 0 Å². The third-order valence-corrected chi connectivity index (χ3v) is 15.9. The Morgan fingerprint density at radius 2 is 1.56 bits per heavy atom. The van der Waals surface area contributed by atoms with Gasteiger partial charge in [-0.1, -0.05) is 39.3 Å². The average Bonchev–Trinajstić information content (AvgIpc) is 3.56. The Balaban J connectivity index is 1.05. The number of ether oxygens (including phenoxy) is 7. The van der Waals surface area contributed by atoms with E-state index in [9.17, 15) is 30.3 Å². The van der Waals surface area contributed by atoms with Crippen molar-refractivity contribution in [1.29, 1.82) is 0 Å². The van der Waals surface area contributed by atoms with Crippen LogP contribution in [0.4, 0.5) is 0 Å². The van der Waals surface area contributed by atoms with Crippen molar-refractivity contribution in [3.63, 3.8) is 0 Å². The van der Waals surface area contributed by atoms with Crippen molar-refractivity contribution >= 4 is 5.97 Å². The van der Waals surface area contributed by atoms with E-state index >= 15 is 0 Å². The fourth-order valence-corrected chi connectivity index (χ4v) is 12.9. The zero-order chi connectivity index (χ0) is 38.6. The van der Waals surface area contributed by atoms with E-state index in [4.69, 9.17) is 33.2 Å². The minimum Gasteiger partial charge on any atom is -0.457 e. The molecule has 4 aliphatic heterocycles. The number of carbonyl (C=O) groups is 1. The Hall–Kier alpha value is -1.23. The van der Waals surface area contributed by atoms with E-state index in [2.05, 4.69) is 33.8 Å². The first-order chi connectivity index (χ1) is 25.5. The lowest BCUT2D eigenvalue weighted by Crippen LogP contribution is -2.65. The van der Waals surface area contributed by atoms with Gasteiger partial charge in [0, 0.05) is 31.1 Å². The summed E-state index contributed by atoms with van der Waals surface area (Å²) in [6.45, 7) is 14.5. The minimum atomic E-state index is -1.61. The lowest BCUT2D eigenvalue weighted by Gasteiger charge is -2.60. The molecule has 13 nitrogen and oxygen atoms in total. The molecule has 0 amide bonds. The molecule has 22 atom stereocenters. The first kappa shape index (κ1) is 39.6. The van der Waals surface area contributed by atoms with Crippen LogP contribution in [-0.2, 0) is 38.0 Å². The molecule has 1 spiro atoms. The van der Waals surface area contributed by atoms with Crippen molar-refractivity contribution in [2.75, 3.05) is 6.61 Å². The van der Waals surface area contributed by atoms with Gasteiger partial charge in [0.1, 0.15) is 30.5 Å². The van der Waals surface area contributed by atoms with Gasteiger partial charge in [-0.05, 0) is 87.4 Å². The third kappa shape index (κ3) is 6.17. The highest BCUT2D eigenvalue weighted by molar-refractivity contribution is 5.66. The zero-order valence-electron chi connectivity index (χ0n) is 32.9. The number of aliphatic hydroxyl groups is 5. The van der Waals surface area contributed by atoms with Crippen LogP contribution < -0.4 is 0 Å². The van der Waals surface area contributed by atoms with Crippen molar-refractivity contribution in [1.82, 2.24) is 0 Å². The highest BCUT2D eigenvalue weighted by atomic mass is 16.8. The van der Waals surface area contributed by atoms with E-state index in [1.165, 1.54) is 12.5 Å². The molecule has 13 heteroatoms. The molecular formula is C41H64O13. The highest BCUT2D eigenvalue weighted by Gasteiger charge is 2.69. The molecule has 5 N–H and O–H groups in total. The lowest BCUT2D eigenvalue weighted by molar-refractivity contribution is -0.371. The van der Waals surface area contributed by atoms with Crippen LogP contribution in [0.1, 0.15) is 99.8 Å². The van der Waals surface area contributed by atoms with E-state index in [0.29, 0.717) is 42.4 Å². The Morgan fingerprint density at radius 3 is 2.26 bits per heavy atom. The largest absolute Gasteiger partial charge is 0.457 e. The molecule has 0 aromatic carbocycles. The minimum absolute atomic E-state index is 0.115. The molecule has 0 radical (unpaired) electrons. The highest BCUT2D eigenvalue weighted by Crippen LogP contribution is 2.71. The van der Waals surface area contributed by atoms with Crippen LogP contribution >= 0.6 is 0 Å². The lowest BCUT2D eigenvalue weighted by atomic mass is 9.46. The Kier molecular flexibility index (Phi) is 10.4. The number of hydrogen-bond acceptors (Lipinski definition) is 13. The Bertz CT molecular complexity index is 1430. The number of esters is 1. The summed E-state index contributed by atoms with van der Waals surface area (Å²) in [5.41, 5.74) is 0.849. The summed E-state index contributed by atoms with van der Waals surface area (Å²) in [6.07, 6.45) is -4.40. The number of fused-ring (bicyclic) bond motifs is 7. The third-order valence-electron chi connectivity index (χ3n) is 15.9. The predicted octanol–water partition coefficient (Wildman–Crippen LogP) is 2.96. The molecule has 3 saturated carbocycles. The monoisotopic (exact) mass is 764 g/mol. The molecule has 7 fully saturated rings. The van der Waals surface area contributed by atoms with E-state index in [-0.39, 0.29) is 17.4 Å². The second kappa shape index (κ2) is 14.2. The van der Waals surface area contributed by atoms with Crippen LogP contribution in [0, 0.1) is 46.3 Å². The maximum absolute atomic E-state index is 11.8. The van der Waals surface area contributed by atoms with Gasteiger partial charge in [-0.15, -0.1) is 0 Å². The standard InChI is InChI=1S/C41H64O13/c1-18-10-13-41(48-17-18)19(2)30-28(54-41)16-27-25-9-8-23-14-24(43)15-29(40(23,7)26(25)11-12-39(27,30)6)52-38-36(33(46)31(44)20(3)50-38)53-37-34(47)35(51-22(5)42)32(45)21(4)49-37/h8,18-21,24-38,43-47H,9-17H2,1-7H3/t18-,19-,20-,21-,24+,25-,26-,27-,28+,29+,30+,31-,32-,33+,34-,35+,36-,37+,38+,39+,40-,41-/m0/s1. The Labute approximate surface area is 319 Å². The molecule has 0 aromatic heterocycles. The molecule has 54 heavy (non-hydrogen) atoms. The van der Waals surface area contributed by atoms with Gasteiger partial charge >= 0.3 is 5.97 Å². The quantitative estimate of drug-likeness (QED) is 0.204. The molecular weight excluding hydrogens is 700 g/mol. The van der Waals surface area contributed by atoms with Crippen molar-refractivity contribution in [3.8, 4) is 0 Å². The number of aliphatic hydroxyl groups excluding tert-OH is 5. The Morgan fingerprint density at radius 1 is 0.833 bits per heavy atom. The maximum atomic E-state index is 11.8. The first-order valence-electron chi connectivity index (χ1n) is 20.7. The maximum Gasteiger partial charge on any atom is 0.303 e. The van der Waals surface area contributed by atoms with Crippen LogP contribution in [0.5, 0.6) is 0 Å². The molecule has 8 aliphatic rings. The number of hydrogen-bond donors (Lipinski definition) is 5. The molecule has 8 rings (SSSR count). The molecule has 0 aromatic rings. The summed E-state index contributed by atoms with van der Waals surface area (Å²) < 4.78 is 43.9. The van der Waals surface area contributed by atoms with Gasteiger partial charge in [-0.3, -0.25) is 4.79 Å². The van der Waals surface area contributed by atoms with E-state index < -0.39 is 90.8 Å². The summed E-state index contributed by atoms with van der Waals surface area (Å²) in [6, 6.07) is 0. The second-order valence-electron chi connectivity index (χ2n) is 18.9. The molecule has 306 valence electrons. The first-order valence-corrected chi connectivity index (χ1v) is 20.7. The number of allylic oxidation sites excluding steroid dienone is 1. The van der Waals surface area contributed by atoms with Gasteiger partial charge in [-0.2, -0.15) is 0 Å². The molecule has 4 aliphatic carbocycles. The van der Waals surface area contributed by atoms with Gasteiger partial charge in [0.05, 0.1) is 37.1 Å². The van der Waals surface area contributed by atoms with Gasteiger partial charge < -0.3 is 58.7 Å². The average molecular weight is 765 g/mol. The number of rotatable bonds is 5. The van der Waals surface area contributed by atoms with Crippen LogP contribution in [0.25, 0.3) is 0 Å². The van der Waals surface area contributed by atoms with Gasteiger partial charge in [0.2, 0.25) is 0 Å². The second-order valence-corrected chi connectivity index (χ2v) is 18.9. The van der Waals surface area contributed by atoms with E-state index in [1.54, 1.807) is 13.8 Å². The normalized spacial score (nSPS) is 57.0. The summed E-state index contributed by atoms with van der Waals surface area (Å²) in [5.74, 6) is 1.27. The molecule has 0 bridgehead atoms. The summed E-state index contributed by atoms with van der Waals surface area (Å²) in [4.78, 5) is 11.8. The molecule has 4 saturated heterocycles. The topological polar surface area (TPSA) is 183 Å². The van der Waals surface area contributed by atoms with Gasteiger partial charge in [-0.25, -0.2) is 0 Å². The van der Waals surface area contributed by atoms with E-state index in [0.717, 1.165) is 45.1 Å². The molecule has 4 heterocycles. The van der Waals surface area contributed by atoms with Crippen LogP contribution in [-0.4, -0.2) is 124 Å². The van der Waals surface area contributed by atoms with Crippen molar-refractivity contribution in [2.24, 2.45) is 46.3 Å². The van der Waals surface area contributed by atoms with E-state index in [1.807, 2.05) is 0 Å².